The third kappa shape index (κ3) is 54.0. The topological polar surface area (TPSA) is 345 Å². The van der Waals surface area contributed by atoms with E-state index in [9.17, 15) is 46.8 Å². The van der Waals surface area contributed by atoms with E-state index in [1.807, 2.05) is 147 Å². The van der Waals surface area contributed by atoms with Crippen LogP contribution in [0.2, 0.25) is 13.0 Å². The summed E-state index contributed by atoms with van der Waals surface area (Å²) in [6.45, 7) is 42.4. The van der Waals surface area contributed by atoms with Crippen LogP contribution >= 0.6 is 105 Å². The Balaban J connectivity index is 0.000000810. The number of carboxylic acid groups (broad SMARTS) is 1. The number of carbonyl (C=O) groups is 8. The van der Waals surface area contributed by atoms with Crippen molar-refractivity contribution in [1.29, 1.82) is 0 Å². The Morgan fingerprint density at radius 2 is 0.761 bits per heavy atom. The number of ether oxygens (including phenoxy) is 5. The average molecular weight is 2230 g/mol. The normalized spacial score (nSPS) is 18.9. The van der Waals surface area contributed by atoms with Gasteiger partial charge in [0.05, 0.1) is 43.2 Å². The third-order valence-corrected chi connectivity index (χ3v) is 29.6. The van der Waals surface area contributed by atoms with Gasteiger partial charge in [-0.25, -0.2) is 54.7 Å². The van der Waals surface area contributed by atoms with Gasteiger partial charge in [-0.15, -0.1) is 58.8 Å². The van der Waals surface area contributed by atoms with Gasteiger partial charge in [-0.05, 0) is 342 Å². The van der Waals surface area contributed by atoms with Gasteiger partial charge in [-0.3, -0.25) is 9.59 Å². The van der Waals surface area contributed by atoms with Crippen molar-refractivity contribution < 1.29 is 99.0 Å². The second-order valence-corrected chi connectivity index (χ2v) is 50.7. The molecule has 6 aliphatic carbocycles. The number of nitrogens with one attached hydrogen (secondary N) is 3. The number of aliphatic hydroxyl groups excluding tert-OH is 1. The Kier molecular flexibility index (Phi) is 60.6. The summed E-state index contributed by atoms with van der Waals surface area (Å²) >= 11 is 26.0. The van der Waals surface area contributed by atoms with Crippen molar-refractivity contribution in [3.8, 4) is 5.75 Å². The van der Waals surface area contributed by atoms with Gasteiger partial charge in [0.25, 0.3) is 11.8 Å². The van der Waals surface area contributed by atoms with Gasteiger partial charge >= 0.3 is 58.8 Å². The summed E-state index contributed by atoms with van der Waals surface area (Å²) in [5, 5.41) is 21.9. The molecule has 1 aromatic carbocycles. The quantitative estimate of drug-likeness (QED) is 0.0177. The number of piperidine rings is 4. The summed E-state index contributed by atoms with van der Waals surface area (Å²) < 4.78 is 65.6. The molecule has 784 valence electrons. The first kappa shape index (κ1) is 130. The monoisotopic (exact) mass is 2220 g/mol. The van der Waals surface area contributed by atoms with Crippen molar-refractivity contribution in [1.82, 2.24) is 35.0 Å². The number of carboxylic acids is 1. The molecule has 6 saturated carbocycles. The van der Waals surface area contributed by atoms with E-state index in [0.717, 1.165) is 113 Å². The molecule has 6 atom stereocenters. The zero-order valence-corrected chi connectivity index (χ0v) is 96.7. The molecule has 4 aromatic rings. The van der Waals surface area contributed by atoms with Gasteiger partial charge in [0.2, 0.25) is 0 Å². The molecule has 10 aliphatic rings. The van der Waals surface area contributed by atoms with Crippen LogP contribution in [0.3, 0.4) is 0 Å². The van der Waals surface area contributed by atoms with Crippen LogP contribution in [-0.2, 0) is 40.9 Å². The van der Waals surface area contributed by atoms with E-state index in [2.05, 4.69) is 30.9 Å². The maximum absolute atomic E-state index is 12.5. The minimum Gasteiger partial charge on any atom is -1.00 e. The summed E-state index contributed by atoms with van der Waals surface area (Å²) in [5.74, 6) is 4.73. The molecule has 4 saturated heterocycles. The number of amides is 6. The maximum atomic E-state index is 12.5. The fourth-order valence-electron chi connectivity index (χ4n) is 15.4. The molecule has 0 radical (unpaired) electrons. The zero-order valence-electron chi connectivity index (χ0n) is 85.9. The summed E-state index contributed by atoms with van der Waals surface area (Å²) in [5.41, 5.74) is 3.64. The first-order valence-electron chi connectivity index (χ1n) is 48.3. The largest absolute Gasteiger partial charge is 2.00 e. The molecule has 0 unspecified atom stereocenters. The van der Waals surface area contributed by atoms with Gasteiger partial charge in [0.1, 0.15) is 44.0 Å². The fraction of sp³-hybridized carbons (Fsp3) is 0.717. The zero-order chi connectivity index (χ0) is 101. The van der Waals surface area contributed by atoms with Crippen molar-refractivity contribution in [2.45, 2.75) is 342 Å². The van der Waals surface area contributed by atoms with Crippen LogP contribution in [0.4, 0.5) is 24.0 Å². The van der Waals surface area contributed by atoms with E-state index in [0.29, 0.717) is 110 Å². The molecule has 3 aromatic heterocycles. The van der Waals surface area contributed by atoms with Crippen LogP contribution in [0, 0.1) is 59.7 Å². The predicted octanol–water partition coefficient (Wildman–Crippen LogP) is 21.7. The molecule has 10 fully saturated rings. The molecule has 39 heteroatoms. The first-order valence-corrected chi connectivity index (χ1v) is 53.8. The van der Waals surface area contributed by atoms with Crippen LogP contribution < -0.4 is 42.8 Å². The Bertz CT molecular complexity index is 4320. The molecule has 7 N–H and O–H groups in total. The number of halogens is 7. The Hall–Kier alpha value is -3.88. The Morgan fingerprint density at radius 1 is 0.471 bits per heavy atom. The average Bonchev–Trinajstić information content (AvgIpc) is 1.70. The second kappa shape index (κ2) is 64.3. The molecule has 0 bridgehead atoms. The second-order valence-electron chi connectivity index (χ2n) is 41.3. The van der Waals surface area contributed by atoms with Crippen molar-refractivity contribution in [2.75, 3.05) is 59.5 Å². The predicted molar refractivity (Wildman–Crippen MR) is 568 cm³/mol. The molecule has 138 heavy (non-hydrogen) atoms. The van der Waals surface area contributed by atoms with Gasteiger partial charge in [-0.1, -0.05) is 86.1 Å². The van der Waals surface area contributed by atoms with E-state index in [4.69, 9.17) is 82.7 Å². The van der Waals surface area contributed by atoms with Crippen LogP contribution in [0.25, 0.3) is 0 Å². The minimum absolute atomic E-state index is 0. The number of nitrogens with zero attached hydrogens (tertiary/aromatic N) is 5. The number of aromatic carboxylic acids is 1. The molecule has 7 heterocycles. The summed E-state index contributed by atoms with van der Waals surface area (Å²) in [4.78, 5) is 102. The number of hydrogen-bond donors (Lipinski definition) is 6. The maximum Gasteiger partial charge on any atom is 2.00 e. The van der Waals surface area contributed by atoms with Gasteiger partial charge in [0.15, 0.2) is 0 Å². The van der Waals surface area contributed by atoms with Crippen molar-refractivity contribution >= 4 is 204 Å². The number of para-hydroxylation sites is 1. The smallest absolute Gasteiger partial charge is 1.00 e. The first-order chi connectivity index (χ1) is 63.2. The molecule has 0 spiro atoms. The number of nitrogens with two attached hydrogens (primary N) is 1. The van der Waals surface area contributed by atoms with Crippen LogP contribution in [-0.4, -0.2) is 231 Å². The molecule has 4 aliphatic heterocycles. The Labute approximate surface area is 901 Å². The van der Waals surface area contributed by atoms with Crippen molar-refractivity contribution in [2.24, 2.45) is 63.4 Å². The number of aliphatic hydroxyl groups is 1. The fourth-order valence-corrected chi connectivity index (χ4v) is 19.8. The van der Waals surface area contributed by atoms with Crippen LogP contribution in [0.5, 0.6) is 5.75 Å². The summed E-state index contributed by atoms with van der Waals surface area (Å²) in [6.07, 6.45) is 29.9. The number of rotatable bonds is 18. The van der Waals surface area contributed by atoms with Crippen molar-refractivity contribution in [3.05, 3.63) is 101 Å². The van der Waals surface area contributed by atoms with E-state index in [1.54, 1.807) is 71.5 Å². The molecular formula is C99H160BrCl6MgN9O17S5. The number of thiophene rings is 3. The van der Waals surface area contributed by atoms with E-state index in [1.165, 1.54) is 125 Å². The summed E-state index contributed by atoms with van der Waals surface area (Å²) in [6, 6.07) is 20.1. The minimum atomic E-state index is -1.21. The van der Waals surface area contributed by atoms with Gasteiger partial charge < -0.3 is 93.3 Å². The van der Waals surface area contributed by atoms with Crippen LogP contribution in [0.15, 0.2) is 71.1 Å². The van der Waals surface area contributed by atoms with E-state index < -0.39 is 55.8 Å². The Morgan fingerprint density at radius 3 is 1.04 bits per heavy atom. The number of likely N-dealkylation sites (tertiary alicyclic amines) is 4. The van der Waals surface area contributed by atoms with E-state index >= 15 is 0 Å². The third-order valence-electron chi connectivity index (χ3n) is 22.9. The van der Waals surface area contributed by atoms with Gasteiger partial charge in [0, 0.05) is 103 Å². The standard InChI is InChI=1S/C19H27ClN2O3S.C18H34N2O3S.C15H20ClNOS.C15H28N2O3S.C14H26N2O2.C7H5ClO2.C5H3ClO2S.C3H5.C2H6.CH4O.BrH.2ClH.Mg/c1-19(2,3)25-18(24)22-10-8-13(9-11-22)16(12-4-5-12)21-17(23)14-6-7-15(20)26-14;1-17(2,3)23-16(21)20-11-9-14(10-12-20)15(13-7-8-13)19-24(22)18(4,5)6;16-13-9-8-12(19-13)15(18)17-14(11-6-7-11)10-4-2-1-3-5-10;1-14(2,3)20-13(18)17-9-7-12(8-10-17)11-16-21(19)15(4,5)6;1-14(2,3)18-13(17)16-8-6-11(7-9-16)12(15)10-4-5-10;8-7(9)10-6-4-2-1-3-5-6;6-4-2-1-3(9-4)5(7)8;1-2-3-1;2*1-2;;;;/h6-7,12-13,16H,4-5,8-11H2,1-3H3,(H,21,23);13-15,19H,7-12H2,1-6H3;8-11,14H,1-7H2,(H,17,18);11-12H,7-10H2,1-6H3;10-12H,4-9,15H2,1-3H3;1-5H;1-2H,(H,7,8);1H,2-3H2;1-2H3;2H,1H3;3*1H;/q;;;;;;;-1;;;;;;+2/p-1/t16-;15-,24+;14-;21-;12-;;;;;;;;;/m00110........./s1/i;;;;;;;;1D;;;;;. The molecule has 6 amide bonds. The molecule has 26 nitrogen and oxygen atoms in total. The number of hydrogen-bond acceptors (Lipinski definition) is 20. The molecular weight excluding hydrogens is 2060 g/mol. The van der Waals surface area contributed by atoms with Gasteiger partial charge in [-0.2, -0.15) is 4.40 Å². The molecule has 14 rings (SSSR count). The SMILES string of the molecule is CC(C)(C)OC(=O)N1CCC(C=N[S@](=O)C(C)(C)C)CC1.CC(C)(C)OC(=O)N1CCC([C@@H](N)C2CC2)CC1.CC(C)(C)OC(=O)N1CCC([C@@H](NC(=O)c2ccc(Cl)s2)C2CC2)CC1.CC(C)(C)OC(=O)N1CCC([C@@H](N[S@](=O)C(C)(C)C)C2CC2)CC1.CO.Cl.Cl.O=C(Cl)Oc1ccccc1.O=C(N[C@H](C1CCCCC1)C1CC1)c1ccc(Cl)s1.O=C(O)c1ccc(Cl)s1.[2H]CC.[Br-].[CH-]1CC1.[Mg+2]. The van der Waals surface area contributed by atoms with Crippen LogP contribution in [0.1, 0.15) is 317 Å². The van der Waals surface area contributed by atoms with E-state index in [-0.39, 0.29) is 127 Å². The number of benzene rings is 1. The number of carbonyl (C=O) groups excluding carboxylic acids is 7. The van der Waals surface area contributed by atoms with Crippen molar-refractivity contribution in [3.63, 3.8) is 0 Å². The summed E-state index contributed by atoms with van der Waals surface area (Å²) in [7, 11) is -1.24.